The Morgan fingerprint density at radius 1 is 1.38 bits per heavy atom. The molecule has 2 N–H and O–H groups in total. The molecule has 0 spiro atoms. The Morgan fingerprint density at radius 3 is 2.50 bits per heavy atom. The Kier molecular flexibility index (Phi) is 2.50. The fourth-order valence-electron chi connectivity index (χ4n) is 2.31. The first-order chi connectivity index (χ1) is 7.47. The second-order valence-electron chi connectivity index (χ2n) is 4.82. The van der Waals surface area contributed by atoms with Gasteiger partial charge >= 0.3 is 0 Å². The molecule has 86 valence electrons. The maximum atomic E-state index is 12.1. The van der Waals surface area contributed by atoms with Gasteiger partial charge in [-0.1, -0.05) is 23.8 Å². The molecule has 1 fully saturated rings. The Morgan fingerprint density at radius 2 is 2.00 bits per heavy atom. The second kappa shape index (κ2) is 3.59. The summed E-state index contributed by atoms with van der Waals surface area (Å²) in [6.07, 6.45) is 1.83. The van der Waals surface area contributed by atoms with Crippen LogP contribution in [0.4, 0.5) is 0 Å². The predicted octanol–water partition coefficient (Wildman–Crippen LogP) is 1.67. The van der Waals surface area contributed by atoms with Crippen LogP contribution in [0.25, 0.3) is 0 Å². The Labute approximate surface area is 96.2 Å². The number of amides is 1. The summed E-state index contributed by atoms with van der Waals surface area (Å²) in [4.78, 5) is 12.1. The lowest BCUT2D eigenvalue weighted by Gasteiger charge is -2.21. The van der Waals surface area contributed by atoms with Crippen molar-refractivity contribution in [3.8, 4) is 0 Å². The highest BCUT2D eigenvalue weighted by Gasteiger charge is 2.52. The van der Waals surface area contributed by atoms with Crippen LogP contribution < -0.4 is 5.84 Å². The normalized spacial score (nSPS) is 17.0. The molecular formula is C13H18N2O. The summed E-state index contributed by atoms with van der Waals surface area (Å²) < 4.78 is 0. The number of carbonyl (C=O) groups is 1. The monoisotopic (exact) mass is 218 g/mol. The van der Waals surface area contributed by atoms with Crippen molar-refractivity contribution in [2.24, 2.45) is 5.84 Å². The number of nitrogens with zero attached hydrogens (tertiary/aromatic N) is 1. The van der Waals surface area contributed by atoms with E-state index in [2.05, 4.69) is 32.0 Å². The summed E-state index contributed by atoms with van der Waals surface area (Å²) in [6, 6.07) is 6.27. The maximum Gasteiger partial charge on any atom is 0.246 e. The quantitative estimate of drug-likeness (QED) is 0.466. The van der Waals surface area contributed by atoms with E-state index < -0.39 is 0 Å². The SMILES string of the molecule is Cc1ccc(C)c(C2(C(=O)N(C)N)CC2)c1. The van der Waals surface area contributed by atoms with E-state index in [1.54, 1.807) is 7.05 Å². The first kappa shape index (κ1) is 11.1. The summed E-state index contributed by atoms with van der Waals surface area (Å²) in [5.41, 5.74) is 3.19. The van der Waals surface area contributed by atoms with Crippen molar-refractivity contribution in [3.05, 3.63) is 34.9 Å². The van der Waals surface area contributed by atoms with Gasteiger partial charge in [0.1, 0.15) is 0 Å². The van der Waals surface area contributed by atoms with Crippen LogP contribution in [0.1, 0.15) is 29.5 Å². The first-order valence-corrected chi connectivity index (χ1v) is 5.58. The molecule has 1 aliphatic rings. The van der Waals surface area contributed by atoms with E-state index in [9.17, 15) is 4.79 Å². The summed E-state index contributed by atoms with van der Waals surface area (Å²) >= 11 is 0. The van der Waals surface area contributed by atoms with Crippen molar-refractivity contribution in [3.63, 3.8) is 0 Å². The Bertz CT molecular complexity index is 434. The van der Waals surface area contributed by atoms with Crippen LogP contribution in [0.5, 0.6) is 0 Å². The number of nitrogens with two attached hydrogens (primary N) is 1. The van der Waals surface area contributed by atoms with Gasteiger partial charge in [-0.05, 0) is 37.8 Å². The predicted molar refractivity (Wildman–Crippen MR) is 63.8 cm³/mol. The smallest absolute Gasteiger partial charge is 0.246 e. The van der Waals surface area contributed by atoms with E-state index >= 15 is 0 Å². The molecule has 16 heavy (non-hydrogen) atoms. The summed E-state index contributed by atoms with van der Waals surface area (Å²) in [5, 5.41) is 1.22. The van der Waals surface area contributed by atoms with Gasteiger partial charge in [-0.2, -0.15) is 0 Å². The van der Waals surface area contributed by atoms with Gasteiger partial charge < -0.3 is 0 Å². The highest BCUT2D eigenvalue weighted by molar-refractivity contribution is 5.91. The van der Waals surface area contributed by atoms with E-state index in [1.165, 1.54) is 16.1 Å². The summed E-state index contributed by atoms with van der Waals surface area (Å²) in [5.74, 6) is 5.60. The largest absolute Gasteiger partial charge is 0.283 e. The average molecular weight is 218 g/mol. The summed E-state index contributed by atoms with van der Waals surface area (Å²) in [6.45, 7) is 4.11. The van der Waals surface area contributed by atoms with Gasteiger partial charge in [-0.15, -0.1) is 0 Å². The van der Waals surface area contributed by atoms with Crippen molar-refractivity contribution < 1.29 is 4.79 Å². The lowest BCUT2D eigenvalue weighted by Crippen LogP contribution is -2.41. The van der Waals surface area contributed by atoms with Gasteiger partial charge in [0.15, 0.2) is 0 Å². The van der Waals surface area contributed by atoms with Gasteiger partial charge in [-0.25, -0.2) is 5.84 Å². The number of aryl methyl sites for hydroxylation is 2. The molecule has 1 aliphatic carbocycles. The van der Waals surface area contributed by atoms with Crippen LogP contribution in [0.3, 0.4) is 0 Å². The third-order valence-electron chi connectivity index (χ3n) is 3.39. The fraction of sp³-hybridized carbons (Fsp3) is 0.462. The number of hydrogen-bond acceptors (Lipinski definition) is 2. The molecule has 1 amide bonds. The highest BCUT2D eigenvalue weighted by Crippen LogP contribution is 2.50. The standard InChI is InChI=1S/C13H18N2O/c1-9-4-5-10(2)11(8-9)13(6-7-13)12(16)15(3)14/h4-5,8H,6-7,14H2,1-3H3. The van der Waals surface area contributed by atoms with Crippen LogP contribution in [0.2, 0.25) is 0 Å². The molecule has 1 saturated carbocycles. The van der Waals surface area contributed by atoms with E-state index in [-0.39, 0.29) is 11.3 Å². The van der Waals surface area contributed by atoms with Gasteiger partial charge in [0.05, 0.1) is 5.41 Å². The van der Waals surface area contributed by atoms with Gasteiger partial charge in [0.25, 0.3) is 0 Å². The van der Waals surface area contributed by atoms with Crippen molar-refractivity contribution in [2.75, 3.05) is 7.05 Å². The summed E-state index contributed by atoms with van der Waals surface area (Å²) in [7, 11) is 1.62. The molecule has 0 aliphatic heterocycles. The number of carbonyl (C=O) groups excluding carboxylic acids is 1. The lowest BCUT2D eigenvalue weighted by atomic mass is 9.89. The number of likely N-dealkylation sites (N-methyl/N-ethyl adjacent to an activating group) is 1. The van der Waals surface area contributed by atoms with Crippen LogP contribution in [-0.4, -0.2) is 18.0 Å². The molecule has 0 heterocycles. The van der Waals surface area contributed by atoms with Crippen molar-refractivity contribution in [2.45, 2.75) is 32.1 Å². The second-order valence-corrected chi connectivity index (χ2v) is 4.82. The number of hydrogen-bond donors (Lipinski definition) is 1. The Hall–Kier alpha value is -1.35. The molecule has 3 heteroatoms. The van der Waals surface area contributed by atoms with Crippen molar-refractivity contribution in [1.82, 2.24) is 5.01 Å². The fourth-order valence-corrected chi connectivity index (χ4v) is 2.31. The third-order valence-corrected chi connectivity index (χ3v) is 3.39. The van der Waals surface area contributed by atoms with Gasteiger partial charge in [0.2, 0.25) is 5.91 Å². The minimum atomic E-state index is -0.334. The van der Waals surface area contributed by atoms with Gasteiger partial charge in [0, 0.05) is 7.05 Å². The van der Waals surface area contributed by atoms with Crippen LogP contribution >= 0.6 is 0 Å². The van der Waals surface area contributed by atoms with E-state index in [0.29, 0.717) is 0 Å². The van der Waals surface area contributed by atoms with E-state index in [4.69, 9.17) is 5.84 Å². The molecule has 0 unspecified atom stereocenters. The number of hydrazine groups is 1. The molecule has 0 atom stereocenters. The minimum Gasteiger partial charge on any atom is -0.283 e. The van der Waals surface area contributed by atoms with Crippen molar-refractivity contribution >= 4 is 5.91 Å². The zero-order valence-corrected chi connectivity index (χ0v) is 10.1. The molecule has 0 bridgehead atoms. The topological polar surface area (TPSA) is 46.3 Å². The third kappa shape index (κ3) is 1.61. The van der Waals surface area contributed by atoms with Crippen molar-refractivity contribution in [1.29, 1.82) is 0 Å². The molecule has 2 rings (SSSR count). The Balaban J connectivity index is 2.44. The van der Waals surface area contributed by atoms with Crippen LogP contribution in [0.15, 0.2) is 18.2 Å². The number of benzene rings is 1. The highest BCUT2D eigenvalue weighted by atomic mass is 16.2. The van der Waals surface area contributed by atoms with Crippen LogP contribution in [0, 0.1) is 13.8 Å². The van der Waals surface area contributed by atoms with E-state index in [0.717, 1.165) is 18.4 Å². The molecule has 3 nitrogen and oxygen atoms in total. The first-order valence-electron chi connectivity index (χ1n) is 5.58. The zero-order chi connectivity index (χ0) is 11.9. The molecular weight excluding hydrogens is 200 g/mol. The average Bonchev–Trinajstić information content (AvgIpc) is 3.01. The zero-order valence-electron chi connectivity index (χ0n) is 10.1. The maximum absolute atomic E-state index is 12.1. The van der Waals surface area contributed by atoms with Crippen LogP contribution in [-0.2, 0) is 10.2 Å². The molecule has 0 aromatic heterocycles. The van der Waals surface area contributed by atoms with Gasteiger partial charge in [-0.3, -0.25) is 9.80 Å². The molecule has 0 saturated heterocycles. The minimum absolute atomic E-state index is 0.0289. The molecule has 0 radical (unpaired) electrons. The number of rotatable bonds is 2. The molecule has 1 aromatic carbocycles. The lowest BCUT2D eigenvalue weighted by molar-refractivity contribution is -0.132. The van der Waals surface area contributed by atoms with E-state index in [1.807, 2.05) is 0 Å². The molecule has 1 aromatic rings.